The van der Waals surface area contributed by atoms with E-state index in [9.17, 15) is 14.4 Å². The van der Waals surface area contributed by atoms with Crippen molar-refractivity contribution in [3.63, 3.8) is 0 Å². The van der Waals surface area contributed by atoms with Gasteiger partial charge in [0.05, 0.1) is 25.6 Å². The lowest BCUT2D eigenvalue weighted by molar-refractivity contribution is -0.123. The number of carbonyl (C=O) groups excluding carboxylic acids is 2. The molecule has 32 heavy (non-hydrogen) atoms. The third kappa shape index (κ3) is 5.46. The number of furan rings is 2. The Morgan fingerprint density at radius 2 is 1.78 bits per heavy atom. The highest BCUT2D eigenvalue weighted by Crippen LogP contribution is 2.13. The van der Waals surface area contributed by atoms with Crippen molar-refractivity contribution >= 4 is 11.8 Å². The molecule has 1 aliphatic rings. The van der Waals surface area contributed by atoms with Crippen molar-refractivity contribution in [2.75, 3.05) is 32.8 Å². The van der Waals surface area contributed by atoms with Gasteiger partial charge in [0.2, 0.25) is 11.2 Å². The number of amides is 2. The molecule has 1 N–H and O–H groups in total. The van der Waals surface area contributed by atoms with Crippen LogP contribution in [0.4, 0.5) is 0 Å². The van der Waals surface area contributed by atoms with Crippen LogP contribution in [0.15, 0.2) is 67.2 Å². The van der Waals surface area contributed by atoms with Gasteiger partial charge in [-0.25, -0.2) is 0 Å². The normalized spacial score (nSPS) is 14.3. The molecule has 4 rings (SSSR count). The van der Waals surface area contributed by atoms with E-state index in [-0.39, 0.29) is 36.1 Å². The van der Waals surface area contributed by atoms with Crippen LogP contribution in [0.1, 0.15) is 22.1 Å². The van der Waals surface area contributed by atoms with Crippen LogP contribution in [0, 0.1) is 0 Å². The lowest BCUT2D eigenvalue weighted by atomic mass is 10.2. The molecule has 0 radical (unpaired) electrons. The molecule has 0 saturated carbocycles. The van der Waals surface area contributed by atoms with Crippen LogP contribution >= 0.6 is 0 Å². The van der Waals surface area contributed by atoms with Crippen LogP contribution in [0.5, 0.6) is 5.75 Å². The van der Waals surface area contributed by atoms with Gasteiger partial charge in [0.1, 0.15) is 17.8 Å². The van der Waals surface area contributed by atoms with Gasteiger partial charge in [0.15, 0.2) is 12.4 Å². The molecular weight excluding hydrogens is 418 g/mol. The Balaban J connectivity index is 1.22. The first-order chi connectivity index (χ1) is 15.6. The van der Waals surface area contributed by atoms with Crippen molar-refractivity contribution in [3.05, 3.63) is 76.6 Å². The zero-order valence-electron chi connectivity index (χ0n) is 17.3. The molecule has 0 unspecified atom stereocenters. The molecule has 0 aliphatic carbocycles. The van der Waals surface area contributed by atoms with Gasteiger partial charge in [-0.15, -0.1) is 0 Å². The van der Waals surface area contributed by atoms with E-state index in [0.29, 0.717) is 50.0 Å². The Labute approximate surface area is 183 Å². The minimum absolute atomic E-state index is 0.0317. The molecule has 0 aromatic carbocycles. The Kier molecular flexibility index (Phi) is 6.71. The molecular formula is C22H23N3O7. The molecule has 0 atom stereocenters. The zero-order chi connectivity index (χ0) is 22.3. The van der Waals surface area contributed by atoms with Crippen LogP contribution in [0.2, 0.25) is 0 Å². The smallest absolute Gasteiger partial charge is 0.289 e. The number of nitrogens with zero attached hydrogens (tertiary/aromatic N) is 2. The summed E-state index contributed by atoms with van der Waals surface area (Å²) in [7, 11) is 0. The maximum atomic E-state index is 12.3. The van der Waals surface area contributed by atoms with E-state index in [4.69, 9.17) is 18.0 Å². The minimum atomic E-state index is -0.383. The Morgan fingerprint density at radius 1 is 1.00 bits per heavy atom. The number of carbonyl (C=O) groups is 2. The summed E-state index contributed by atoms with van der Waals surface area (Å²) >= 11 is 0. The molecule has 168 valence electrons. The first-order valence-corrected chi connectivity index (χ1v) is 10.2. The summed E-state index contributed by atoms with van der Waals surface area (Å²) in [5.41, 5.74) is -0.364. The van der Waals surface area contributed by atoms with Gasteiger partial charge in [-0.1, -0.05) is 0 Å². The molecule has 0 spiro atoms. The van der Waals surface area contributed by atoms with Gasteiger partial charge in [0.25, 0.3) is 11.8 Å². The summed E-state index contributed by atoms with van der Waals surface area (Å²) in [6.07, 6.45) is 4.21. The van der Waals surface area contributed by atoms with Crippen LogP contribution in [-0.4, -0.2) is 54.4 Å². The van der Waals surface area contributed by atoms with Crippen molar-refractivity contribution in [1.29, 1.82) is 0 Å². The molecule has 0 bridgehead atoms. The quantitative estimate of drug-likeness (QED) is 0.558. The lowest BCUT2D eigenvalue weighted by Crippen LogP contribution is -2.48. The van der Waals surface area contributed by atoms with Crippen LogP contribution < -0.4 is 15.5 Å². The number of hydrogen-bond acceptors (Lipinski definition) is 8. The summed E-state index contributed by atoms with van der Waals surface area (Å²) in [4.78, 5) is 40.3. The van der Waals surface area contributed by atoms with Crippen LogP contribution in [0.3, 0.4) is 0 Å². The first-order valence-electron chi connectivity index (χ1n) is 10.2. The van der Waals surface area contributed by atoms with Gasteiger partial charge < -0.3 is 28.2 Å². The van der Waals surface area contributed by atoms with E-state index in [0.717, 1.165) is 0 Å². The Hall–Kier alpha value is -3.79. The monoisotopic (exact) mass is 441 g/mol. The van der Waals surface area contributed by atoms with E-state index in [1.807, 2.05) is 0 Å². The van der Waals surface area contributed by atoms with Crippen LogP contribution in [0.25, 0.3) is 0 Å². The molecule has 3 aromatic heterocycles. The van der Waals surface area contributed by atoms with Crippen molar-refractivity contribution in [2.45, 2.75) is 13.1 Å². The fourth-order valence-corrected chi connectivity index (χ4v) is 3.31. The highest BCUT2D eigenvalue weighted by atomic mass is 16.5. The van der Waals surface area contributed by atoms with E-state index in [1.165, 1.54) is 24.9 Å². The maximum Gasteiger partial charge on any atom is 0.289 e. The number of nitrogens with one attached hydrogen (secondary N) is 1. The lowest BCUT2D eigenvalue weighted by Gasteiger charge is -2.33. The number of ether oxygens (including phenoxy) is 1. The standard InChI is InChI=1S/C22H23N3O7/c26-18-11-17(13-24-5-7-25(8-6-24)22(28)19-4-2-10-30-19)31-14-20(18)32-15-21(27)23-12-16-3-1-9-29-16/h1-4,9-11,14H,5-8,12-13,15H2,(H,23,27). The predicted molar refractivity (Wildman–Crippen MR) is 111 cm³/mol. The van der Waals surface area contributed by atoms with Gasteiger partial charge in [0, 0.05) is 32.2 Å². The van der Waals surface area contributed by atoms with E-state index in [2.05, 4.69) is 10.2 Å². The summed E-state index contributed by atoms with van der Waals surface area (Å²) < 4.78 is 21.1. The molecule has 2 amide bonds. The van der Waals surface area contributed by atoms with E-state index < -0.39 is 0 Å². The molecule has 1 saturated heterocycles. The summed E-state index contributed by atoms with van der Waals surface area (Å²) in [5.74, 6) is 0.886. The maximum absolute atomic E-state index is 12.3. The highest BCUT2D eigenvalue weighted by Gasteiger charge is 2.24. The average Bonchev–Trinajstić information content (AvgIpc) is 3.51. The van der Waals surface area contributed by atoms with Gasteiger partial charge in [-0.2, -0.15) is 0 Å². The summed E-state index contributed by atoms with van der Waals surface area (Å²) in [6.45, 7) is 2.76. The topological polar surface area (TPSA) is 118 Å². The van der Waals surface area contributed by atoms with Crippen LogP contribution in [-0.2, 0) is 17.9 Å². The second-order valence-electron chi connectivity index (χ2n) is 7.27. The minimum Gasteiger partial charge on any atom is -0.477 e. The van der Waals surface area contributed by atoms with Crippen molar-refractivity contribution < 1.29 is 27.6 Å². The predicted octanol–water partition coefficient (Wildman–Crippen LogP) is 1.48. The number of piperazine rings is 1. The molecule has 3 aromatic rings. The van der Waals surface area contributed by atoms with Crippen molar-refractivity contribution in [3.8, 4) is 5.75 Å². The highest BCUT2D eigenvalue weighted by molar-refractivity contribution is 5.91. The van der Waals surface area contributed by atoms with Gasteiger partial charge >= 0.3 is 0 Å². The number of hydrogen-bond donors (Lipinski definition) is 1. The SMILES string of the molecule is O=C(COc1coc(CN2CCN(C(=O)c3ccco3)CC2)cc1=O)NCc1ccco1. The van der Waals surface area contributed by atoms with Gasteiger partial charge in [-0.3, -0.25) is 19.3 Å². The molecule has 1 aliphatic heterocycles. The summed E-state index contributed by atoms with van der Waals surface area (Å²) in [6, 6.07) is 8.16. The Bertz CT molecular complexity index is 1080. The Morgan fingerprint density at radius 3 is 2.47 bits per heavy atom. The largest absolute Gasteiger partial charge is 0.477 e. The number of rotatable bonds is 8. The second-order valence-corrected chi connectivity index (χ2v) is 7.27. The molecule has 10 nitrogen and oxygen atoms in total. The first kappa shape index (κ1) is 21.4. The van der Waals surface area contributed by atoms with E-state index in [1.54, 1.807) is 29.2 Å². The fraction of sp³-hybridized carbons (Fsp3) is 0.318. The third-order valence-corrected chi connectivity index (χ3v) is 5.02. The molecule has 1 fully saturated rings. The zero-order valence-corrected chi connectivity index (χ0v) is 17.3. The summed E-state index contributed by atoms with van der Waals surface area (Å²) in [5, 5.41) is 2.63. The third-order valence-electron chi connectivity index (χ3n) is 5.02. The second kappa shape index (κ2) is 10.0. The van der Waals surface area contributed by atoms with Crippen molar-refractivity contribution in [1.82, 2.24) is 15.1 Å². The molecule has 10 heteroatoms. The average molecular weight is 441 g/mol. The molecule has 4 heterocycles. The van der Waals surface area contributed by atoms with Gasteiger partial charge in [-0.05, 0) is 24.3 Å². The van der Waals surface area contributed by atoms with Crippen molar-refractivity contribution in [2.24, 2.45) is 0 Å². The fourth-order valence-electron chi connectivity index (χ4n) is 3.31. The van der Waals surface area contributed by atoms with E-state index >= 15 is 0 Å².